The Labute approximate surface area is 141 Å². The monoisotopic (exact) mass is 378 g/mol. The normalized spacial score (nSPS) is 22.0. The fourth-order valence-electron chi connectivity index (χ4n) is 2.19. The van der Waals surface area contributed by atoms with Crippen LogP contribution < -0.4 is 16.5 Å². The van der Waals surface area contributed by atoms with Gasteiger partial charge in [0.15, 0.2) is 0 Å². The number of aromatic nitrogens is 2. The third kappa shape index (κ3) is 5.44. The molecule has 140 valence electrons. The van der Waals surface area contributed by atoms with Crippen LogP contribution in [0.1, 0.15) is 6.42 Å². The molecule has 1 saturated heterocycles. The summed E-state index contributed by atoms with van der Waals surface area (Å²) in [6.07, 6.45) is -0.166. The van der Waals surface area contributed by atoms with Crippen molar-refractivity contribution in [2.75, 3.05) is 18.7 Å². The minimum atomic E-state index is -3.75. The number of nitrogens with two attached hydrogens (primary N) is 1. The number of carbonyl (C=O) groups is 2. The summed E-state index contributed by atoms with van der Waals surface area (Å²) in [6, 6.07) is -0.0561. The van der Waals surface area contributed by atoms with Crippen molar-refractivity contribution in [1.29, 1.82) is 0 Å². The summed E-state index contributed by atoms with van der Waals surface area (Å²) >= 11 is 0. The summed E-state index contributed by atoms with van der Waals surface area (Å²) in [5.41, 5.74) is 4.83. The van der Waals surface area contributed by atoms with Crippen molar-refractivity contribution in [1.82, 2.24) is 14.6 Å². The first-order chi connectivity index (χ1) is 11.7. The Morgan fingerprint density at radius 3 is 2.76 bits per heavy atom. The second kappa shape index (κ2) is 7.85. The molecule has 1 aromatic rings. The van der Waals surface area contributed by atoms with Crippen LogP contribution in [0, 0.1) is 0 Å². The van der Waals surface area contributed by atoms with Gasteiger partial charge >= 0.3 is 141 Å². The van der Waals surface area contributed by atoms with Crippen LogP contribution in [0.25, 0.3) is 0 Å². The van der Waals surface area contributed by atoms with E-state index in [0.29, 0.717) is 0 Å². The van der Waals surface area contributed by atoms with Crippen LogP contribution in [0.4, 0.5) is 5.82 Å². The molecule has 13 heteroatoms. The molecule has 2 heterocycles. The van der Waals surface area contributed by atoms with E-state index in [-0.39, 0.29) is 25.3 Å². The number of nitrogen functional groups attached to an aromatic ring is 1. The Balaban J connectivity index is 1.94. The molecule has 1 aliphatic rings. The number of carboxylic acids is 2. The average Bonchev–Trinajstić information content (AvgIpc) is 2.51. The molecule has 1 aliphatic heterocycles. The predicted octanol–water partition coefficient (Wildman–Crippen LogP) is -1.80. The number of hydrogen-bond donors (Lipinski definition) is 5. The standard InChI is InChI=1S/C12H19N4O8P/c13-9-1-2-16(12(21)14-9)4-7-5-24-25(22,6-23-7)15-8(11(19)20)3-10(17)18/h1-2,7-8,15,22,25H,3-6H2,(H,17,18)(H,19,20)(H2,13,14,21)/t7-,8+/m1/s1. The van der Waals surface area contributed by atoms with E-state index in [1.165, 1.54) is 16.8 Å². The Morgan fingerprint density at radius 2 is 2.24 bits per heavy atom. The van der Waals surface area contributed by atoms with Crippen LogP contribution in [0.2, 0.25) is 0 Å². The van der Waals surface area contributed by atoms with E-state index in [1.54, 1.807) is 0 Å². The van der Waals surface area contributed by atoms with Gasteiger partial charge < -0.3 is 0 Å². The topological polar surface area (TPSA) is 186 Å². The van der Waals surface area contributed by atoms with Crippen molar-refractivity contribution in [3.8, 4) is 0 Å². The Morgan fingerprint density at radius 1 is 1.52 bits per heavy atom. The van der Waals surface area contributed by atoms with E-state index in [0.717, 1.165) is 0 Å². The molecule has 0 radical (unpaired) electrons. The molecular formula is C12H19N4O8P. The first-order valence-corrected chi connectivity index (χ1v) is 9.28. The van der Waals surface area contributed by atoms with E-state index in [1.807, 2.05) is 0 Å². The van der Waals surface area contributed by atoms with E-state index in [9.17, 15) is 19.3 Å². The molecule has 25 heavy (non-hydrogen) atoms. The zero-order valence-corrected chi connectivity index (χ0v) is 14.0. The Kier molecular flexibility index (Phi) is 6.03. The zero-order valence-electron chi connectivity index (χ0n) is 13.0. The van der Waals surface area contributed by atoms with Crippen LogP contribution in [-0.2, 0) is 25.4 Å². The second-order valence-electron chi connectivity index (χ2n) is 5.45. The fraction of sp³-hybridized carbons (Fsp3) is 0.500. The van der Waals surface area contributed by atoms with Crippen molar-refractivity contribution < 1.29 is 34.0 Å². The molecule has 6 N–H and O–H groups in total. The molecular weight excluding hydrogens is 359 g/mol. The van der Waals surface area contributed by atoms with Gasteiger partial charge in [0.05, 0.1) is 0 Å². The summed E-state index contributed by atoms with van der Waals surface area (Å²) in [5, 5.41) is 20.0. The third-order valence-electron chi connectivity index (χ3n) is 3.40. The quantitative estimate of drug-likeness (QED) is 0.337. The van der Waals surface area contributed by atoms with Gasteiger partial charge in [-0.1, -0.05) is 0 Å². The molecule has 2 atom stereocenters. The number of aliphatic carboxylic acids is 2. The van der Waals surface area contributed by atoms with Crippen molar-refractivity contribution in [2.45, 2.75) is 25.1 Å². The molecule has 0 amide bonds. The van der Waals surface area contributed by atoms with Gasteiger partial charge in [0, 0.05) is 0 Å². The van der Waals surface area contributed by atoms with Crippen LogP contribution in [0.15, 0.2) is 17.1 Å². The summed E-state index contributed by atoms with van der Waals surface area (Å²) < 4.78 is 12.0. The van der Waals surface area contributed by atoms with Crippen molar-refractivity contribution >= 4 is 25.6 Å². The average molecular weight is 378 g/mol. The molecule has 0 aromatic carbocycles. The Bertz CT molecular complexity index is 703. The van der Waals surface area contributed by atoms with Gasteiger partial charge in [0.2, 0.25) is 0 Å². The number of ether oxygens (including phenoxy) is 1. The van der Waals surface area contributed by atoms with Gasteiger partial charge in [0.25, 0.3) is 0 Å². The summed E-state index contributed by atoms with van der Waals surface area (Å²) in [7, 11) is -3.75. The molecule has 0 bridgehead atoms. The molecule has 12 nitrogen and oxygen atoms in total. The molecule has 1 fully saturated rings. The van der Waals surface area contributed by atoms with Crippen molar-refractivity contribution in [3.05, 3.63) is 22.7 Å². The molecule has 2 rings (SSSR count). The number of nitrogens with zero attached hydrogens (tertiary/aromatic N) is 2. The zero-order chi connectivity index (χ0) is 18.6. The van der Waals surface area contributed by atoms with Gasteiger partial charge in [-0.3, -0.25) is 0 Å². The number of anilines is 1. The molecule has 1 aromatic heterocycles. The second-order valence-corrected chi connectivity index (χ2v) is 7.88. The Hall–Kier alpha value is -2.11. The van der Waals surface area contributed by atoms with Crippen LogP contribution in [0.3, 0.4) is 0 Å². The molecule has 0 saturated carbocycles. The number of hydrogen-bond acceptors (Lipinski definition) is 9. The number of rotatable bonds is 7. The van der Waals surface area contributed by atoms with E-state index in [2.05, 4.69) is 10.1 Å². The van der Waals surface area contributed by atoms with Crippen LogP contribution >= 0.6 is 7.87 Å². The van der Waals surface area contributed by atoms with E-state index >= 15 is 0 Å². The molecule has 0 spiro atoms. The van der Waals surface area contributed by atoms with Crippen LogP contribution in [0.5, 0.6) is 0 Å². The summed E-state index contributed by atoms with van der Waals surface area (Å²) in [6.45, 7) is 0.0000273. The number of carboxylic acid groups (broad SMARTS) is 2. The fourth-order valence-corrected chi connectivity index (χ4v) is 4.13. The molecule has 0 unspecified atom stereocenters. The third-order valence-corrected chi connectivity index (χ3v) is 5.40. The maximum absolute atomic E-state index is 11.7. The van der Waals surface area contributed by atoms with Gasteiger partial charge in [-0.2, -0.15) is 0 Å². The predicted molar refractivity (Wildman–Crippen MR) is 85.9 cm³/mol. The maximum atomic E-state index is 11.7. The summed E-state index contributed by atoms with van der Waals surface area (Å²) in [5.74, 6) is -2.66. The number of nitrogens with one attached hydrogen (secondary N) is 1. The van der Waals surface area contributed by atoms with Gasteiger partial charge in [-0.05, 0) is 0 Å². The van der Waals surface area contributed by atoms with Crippen molar-refractivity contribution in [3.63, 3.8) is 0 Å². The first-order valence-electron chi connectivity index (χ1n) is 7.22. The van der Waals surface area contributed by atoms with E-state index < -0.39 is 44.1 Å². The van der Waals surface area contributed by atoms with Gasteiger partial charge in [-0.25, -0.2) is 0 Å². The van der Waals surface area contributed by atoms with Crippen LogP contribution in [-0.4, -0.2) is 61.7 Å². The van der Waals surface area contributed by atoms with Gasteiger partial charge in [0.1, 0.15) is 0 Å². The minimum absolute atomic E-state index is 0.0891. The SMILES string of the molecule is Nc1ccn(C[C@@H]2CO[PH](O)(N[C@@H](CC(=O)O)C(=O)O)CO2)c(=O)n1. The van der Waals surface area contributed by atoms with Gasteiger partial charge in [-0.15, -0.1) is 0 Å². The van der Waals surface area contributed by atoms with E-state index in [4.69, 9.17) is 25.2 Å². The first kappa shape index (κ1) is 19.2. The van der Waals surface area contributed by atoms with Crippen molar-refractivity contribution in [2.24, 2.45) is 0 Å². The summed E-state index contributed by atoms with van der Waals surface area (Å²) in [4.78, 5) is 47.3. The molecule has 0 aliphatic carbocycles.